The molecule has 1 aliphatic carbocycles. The van der Waals surface area contributed by atoms with Gasteiger partial charge in [-0.3, -0.25) is 4.79 Å². The summed E-state index contributed by atoms with van der Waals surface area (Å²) in [5, 5.41) is 3.07. The fourth-order valence-electron chi connectivity index (χ4n) is 4.59. The van der Waals surface area contributed by atoms with Gasteiger partial charge in [0.1, 0.15) is 6.04 Å². The highest BCUT2D eigenvalue weighted by Crippen LogP contribution is 2.38. The molecule has 192 valence electrons. The first-order valence-electron chi connectivity index (χ1n) is 12.2. The molecule has 1 amide bonds. The highest BCUT2D eigenvalue weighted by atomic mass is 32.1. The van der Waals surface area contributed by atoms with Crippen molar-refractivity contribution in [1.29, 1.82) is 0 Å². The van der Waals surface area contributed by atoms with Crippen LogP contribution in [-0.2, 0) is 4.79 Å². The number of anilines is 1. The van der Waals surface area contributed by atoms with Crippen LogP contribution < -0.4 is 5.32 Å². The minimum absolute atomic E-state index is 0.211. The first-order chi connectivity index (χ1) is 17.1. The zero-order valence-electron chi connectivity index (χ0n) is 20.8. The van der Waals surface area contributed by atoms with Crippen molar-refractivity contribution < 1.29 is 18.0 Å². The molecule has 3 nitrogen and oxygen atoms in total. The van der Waals surface area contributed by atoms with Crippen molar-refractivity contribution in [2.45, 2.75) is 51.2 Å². The molecule has 0 saturated heterocycles. The van der Waals surface area contributed by atoms with E-state index in [0.717, 1.165) is 16.8 Å². The quantitative estimate of drug-likeness (QED) is 0.346. The van der Waals surface area contributed by atoms with Gasteiger partial charge >= 0.3 is 6.18 Å². The summed E-state index contributed by atoms with van der Waals surface area (Å²) in [6, 6.07) is 16.4. The summed E-state index contributed by atoms with van der Waals surface area (Å²) >= 11 is 5.67. The largest absolute Gasteiger partial charge is 0.395 e. The number of thiocarbonyl (C=S) groups is 1. The number of likely N-dealkylation sites (N-methyl/N-ethyl adjacent to an activating group) is 1. The average molecular weight is 515 g/mol. The average Bonchev–Trinajstić information content (AvgIpc) is 2.84. The minimum Gasteiger partial charge on any atom is -0.354 e. The number of nitrogens with one attached hydrogen (secondary N) is 1. The number of hydrogen-bond donors (Lipinski definition) is 1. The molecule has 0 aliphatic heterocycles. The molecule has 2 unspecified atom stereocenters. The van der Waals surface area contributed by atoms with E-state index in [1.54, 1.807) is 24.1 Å². The predicted octanol–water partition coefficient (Wildman–Crippen LogP) is 7.84. The van der Waals surface area contributed by atoms with E-state index in [-0.39, 0.29) is 11.8 Å². The minimum atomic E-state index is -4.27. The molecular formula is C29H33F3N2OS. The van der Waals surface area contributed by atoms with Gasteiger partial charge in [0, 0.05) is 12.7 Å². The van der Waals surface area contributed by atoms with E-state index in [2.05, 4.69) is 19.2 Å². The van der Waals surface area contributed by atoms with Crippen molar-refractivity contribution >= 4 is 28.8 Å². The van der Waals surface area contributed by atoms with Crippen LogP contribution in [-0.4, -0.2) is 29.0 Å². The molecule has 0 fully saturated rings. The smallest absolute Gasteiger partial charge is 0.354 e. The zero-order valence-corrected chi connectivity index (χ0v) is 21.7. The summed E-state index contributed by atoms with van der Waals surface area (Å²) in [6.07, 6.45) is 2.98. The standard InChI is InChI=1S/C29H33F3N2OS/c1-20(2)23-16-8-10-18-25(23)33-28(35)27(22-13-5-4-6-14-22)34(3)26(36)19-11-15-21-12-7-9-17-24(21)29(30,31)32/h4-10,12-14,16-18,20-21,24,27H,11,15,19H2,1-3H3,(H,33,35)/t21?,24?,27-/m1/s1. The Morgan fingerprint density at radius 1 is 1.03 bits per heavy atom. The van der Waals surface area contributed by atoms with Crippen LogP contribution in [0.1, 0.15) is 56.2 Å². The van der Waals surface area contributed by atoms with E-state index in [9.17, 15) is 18.0 Å². The van der Waals surface area contributed by atoms with E-state index in [0.29, 0.717) is 24.3 Å². The molecule has 3 rings (SSSR count). The molecule has 1 N–H and O–H groups in total. The number of benzene rings is 2. The Labute approximate surface area is 217 Å². The van der Waals surface area contributed by atoms with Gasteiger partial charge in [-0.15, -0.1) is 0 Å². The molecule has 0 radical (unpaired) electrons. The molecule has 0 spiro atoms. The maximum absolute atomic E-state index is 13.6. The summed E-state index contributed by atoms with van der Waals surface area (Å²) in [6.45, 7) is 4.14. The lowest BCUT2D eigenvalue weighted by molar-refractivity contribution is -0.170. The van der Waals surface area contributed by atoms with Gasteiger partial charge in [0.15, 0.2) is 0 Å². The van der Waals surface area contributed by atoms with Crippen molar-refractivity contribution in [2.24, 2.45) is 11.8 Å². The second-order valence-electron chi connectivity index (χ2n) is 9.44. The van der Waals surface area contributed by atoms with Crippen LogP contribution in [0.3, 0.4) is 0 Å². The van der Waals surface area contributed by atoms with Crippen LogP contribution >= 0.6 is 12.2 Å². The fraction of sp³-hybridized carbons (Fsp3) is 0.379. The first kappa shape index (κ1) is 27.7. The lowest BCUT2D eigenvalue weighted by atomic mass is 9.84. The van der Waals surface area contributed by atoms with E-state index in [1.165, 1.54) is 12.2 Å². The molecule has 2 aromatic carbocycles. The normalized spacial score (nSPS) is 18.2. The van der Waals surface area contributed by atoms with E-state index in [4.69, 9.17) is 12.2 Å². The molecule has 2 aromatic rings. The van der Waals surface area contributed by atoms with Crippen LogP contribution in [0.4, 0.5) is 18.9 Å². The highest BCUT2D eigenvalue weighted by Gasteiger charge is 2.42. The molecule has 0 heterocycles. The lowest BCUT2D eigenvalue weighted by Crippen LogP contribution is -2.38. The number of halogens is 3. The van der Waals surface area contributed by atoms with Gasteiger partial charge in [-0.25, -0.2) is 0 Å². The van der Waals surface area contributed by atoms with Crippen LogP contribution in [0.25, 0.3) is 0 Å². The van der Waals surface area contributed by atoms with Gasteiger partial charge in [0.05, 0.1) is 10.9 Å². The van der Waals surface area contributed by atoms with Crippen LogP contribution in [0.2, 0.25) is 0 Å². The van der Waals surface area contributed by atoms with Gasteiger partial charge in [0.2, 0.25) is 0 Å². The third kappa shape index (κ3) is 7.06. The molecule has 7 heteroatoms. The van der Waals surface area contributed by atoms with Gasteiger partial charge in [-0.05, 0) is 48.3 Å². The third-order valence-electron chi connectivity index (χ3n) is 6.54. The predicted molar refractivity (Wildman–Crippen MR) is 144 cm³/mol. The van der Waals surface area contributed by atoms with E-state index in [1.807, 2.05) is 54.6 Å². The van der Waals surface area contributed by atoms with Crippen LogP contribution in [0.5, 0.6) is 0 Å². The Balaban J connectivity index is 1.72. The molecule has 36 heavy (non-hydrogen) atoms. The van der Waals surface area contributed by atoms with Gasteiger partial charge in [0.25, 0.3) is 5.91 Å². The molecule has 0 saturated carbocycles. The van der Waals surface area contributed by atoms with Crippen molar-refractivity contribution in [1.82, 2.24) is 4.90 Å². The van der Waals surface area contributed by atoms with Crippen molar-refractivity contribution in [3.05, 3.63) is 90.0 Å². The molecular weight excluding hydrogens is 481 g/mol. The Bertz CT molecular complexity index is 1100. The molecule has 1 aliphatic rings. The number of para-hydroxylation sites is 1. The first-order valence-corrected chi connectivity index (χ1v) is 12.6. The number of nitrogens with zero attached hydrogens (tertiary/aromatic N) is 1. The number of carbonyl (C=O) groups excluding carboxylic acids is 1. The van der Waals surface area contributed by atoms with Crippen LogP contribution in [0, 0.1) is 11.8 Å². The van der Waals surface area contributed by atoms with Crippen molar-refractivity contribution in [2.75, 3.05) is 12.4 Å². The summed E-state index contributed by atoms with van der Waals surface area (Å²) in [5.74, 6) is -2.06. The Morgan fingerprint density at radius 2 is 1.67 bits per heavy atom. The maximum atomic E-state index is 13.6. The van der Waals surface area contributed by atoms with E-state index < -0.39 is 24.1 Å². The van der Waals surface area contributed by atoms with Gasteiger partial charge < -0.3 is 10.2 Å². The molecule has 0 aromatic heterocycles. The number of hydrogen-bond acceptors (Lipinski definition) is 2. The summed E-state index contributed by atoms with van der Waals surface area (Å²) in [7, 11) is 1.77. The monoisotopic (exact) mass is 514 g/mol. The third-order valence-corrected chi connectivity index (χ3v) is 7.03. The molecule has 3 atom stereocenters. The SMILES string of the molecule is CC(C)c1ccccc1NC(=O)[C@@H](c1ccccc1)N(C)C(=S)CCCC1C=CC=CC1C(F)(F)F. The van der Waals surface area contributed by atoms with Crippen LogP contribution in [0.15, 0.2) is 78.9 Å². The number of carbonyl (C=O) groups is 1. The van der Waals surface area contributed by atoms with Crippen molar-refractivity contribution in [3.8, 4) is 0 Å². The topological polar surface area (TPSA) is 32.3 Å². The Morgan fingerprint density at radius 3 is 2.33 bits per heavy atom. The summed E-state index contributed by atoms with van der Waals surface area (Å²) < 4.78 is 40.1. The van der Waals surface area contributed by atoms with Gasteiger partial charge in [-0.1, -0.05) is 98.9 Å². The number of allylic oxidation sites excluding steroid dienone is 4. The second-order valence-corrected chi connectivity index (χ2v) is 9.91. The lowest BCUT2D eigenvalue weighted by Gasteiger charge is -2.31. The van der Waals surface area contributed by atoms with Gasteiger partial charge in [-0.2, -0.15) is 13.2 Å². The second kappa shape index (κ2) is 12.3. The van der Waals surface area contributed by atoms with Crippen molar-refractivity contribution in [3.63, 3.8) is 0 Å². The molecule has 0 bridgehead atoms. The highest BCUT2D eigenvalue weighted by molar-refractivity contribution is 7.80. The zero-order chi connectivity index (χ0) is 26.3. The summed E-state index contributed by atoms with van der Waals surface area (Å²) in [5.41, 5.74) is 2.59. The number of amides is 1. The van der Waals surface area contributed by atoms with E-state index >= 15 is 0 Å². The number of rotatable bonds is 9. The Kier molecular flexibility index (Phi) is 9.49. The summed E-state index contributed by atoms with van der Waals surface area (Å²) in [4.78, 5) is 15.9. The maximum Gasteiger partial charge on any atom is 0.395 e. The fourth-order valence-corrected chi connectivity index (χ4v) is 4.84. The number of alkyl halides is 3. The Hall–Kier alpha value is -2.93.